The smallest absolute Gasteiger partial charge is 0.101 e. The number of nitrogens with zero attached hydrogens (tertiary/aromatic N) is 1. The van der Waals surface area contributed by atoms with Gasteiger partial charge in [0.1, 0.15) is 6.07 Å². The minimum absolute atomic E-state index is 0.368. The first kappa shape index (κ1) is 10.0. The van der Waals surface area contributed by atoms with Crippen molar-refractivity contribution in [1.82, 2.24) is 0 Å². The summed E-state index contributed by atoms with van der Waals surface area (Å²) < 4.78 is 12.2. The third-order valence-electron chi connectivity index (χ3n) is 1.78. The Hall–Kier alpha value is -1.07. The summed E-state index contributed by atoms with van der Waals surface area (Å²) in [7, 11) is 0. The second kappa shape index (κ2) is 4.25. The van der Waals surface area contributed by atoms with Crippen LogP contribution in [0, 0.1) is 17.2 Å². The molecule has 0 saturated carbocycles. The van der Waals surface area contributed by atoms with E-state index in [2.05, 4.69) is 0 Å². The summed E-state index contributed by atoms with van der Waals surface area (Å²) in [4.78, 5) is 0. The van der Waals surface area contributed by atoms with Crippen LogP contribution in [0.25, 0.3) is 0 Å². The van der Waals surface area contributed by atoms with Crippen LogP contribution in [0.3, 0.4) is 0 Å². The summed E-state index contributed by atoms with van der Waals surface area (Å²) in [5.41, 5.74) is 1.16. The maximum atomic E-state index is 12.2. The zero-order chi connectivity index (χ0) is 9.84. The predicted octanol–water partition coefficient (Wildman–Crippen LogP) is 3.12. The van der Waals surface area contributed by atoms with Crippen molar-refractivity contribution in [3.8, 4) is 6.07 Å². The van der Waals surface area contributed by atoms with Crippen LogP contribution in [0.2, 0.25) is 5.02 Å². The van der Waals surface area contributed by atoms with E-state index < -0.39 is 6.67 Å². The van der Waals surface area contributed by atoms with Gasteiger partial charge >= 0.3 is 0 Å². The minimum Gasteiger partial charge on any atom is -0.250 e. The lowest BCUT2D eigenvalue weighted by Gasteiger charge is -2.06. The zero-order valence-corrected chi connectivity index (χ0v) is 7.90. The van der Waals surface area contributed by atoms with Gasteiger partial charge in [-0.3, -0.25) is 4.39 Å². The Morgan fingerprint density at radius 1 is 1.62 bits per heavy atom. The number of hydrogen-bond acceptors (Lipinski definition) is 1. The van der Waals surface area contributed by atoms with Crippen LogP contribution in [0.4, 0.5) is 4.39 Å². The fraction of sp³-hybridized carbons (Fsp3) is 0.200. The van der Waals surface area contributed by atoms with Gasteiger partial charge in [0, 0.05) is 5.92 Å². The predicted molar refractivity (Wildman–Crippen MR) is 50.2 cm³/mol. The molecule has 0 saturated heterocycles. The van der Waals surface area contributed by atoms with Crippen LogP contribution >= 0.6 is 11.6 Å². The molecular weight excluding hydrogens is 189 g/mol. The van der Waals surface area contributed by atoms with Gasteiger partial charge in [-0.05, 0) is 17.7 Å². The molecule has 3 heteroatoms. The third-order valence-corrected chi connectivity index (χ3v) is 2.10. The van der Waals surface area contributed by atoms with Crippen LogP contribution in [-0.2, 0) is 0 Å². The van der Waals surface area contributed by atoms with Crippen molar-refractivity contribution in [2.45, 2.75) is 6.92 Å². The molecule has 0 aliphatic heterocycles. The van der Waals surface area contributed by atoms with Crippen molar-refractivity contribution >= 4 is 11.6 Å². The largest absolute Gasteiger partial charge is 0.250 e. The van der Waals surface area contributed by atoms with Crippen molar-refractivity contribution in [2.24, 2.45) is 0 Å². The molecule has 0 aliphatic rings. The maximum absolute atomic E-state index is 12.2. The maximum Gasteiger partial charge on any atom is 0.101 e. The summed E-state index contributed by atoms with van der Waals surface area (Å²) in [6, 6.07) is 6.84. The second-order valence-electron chi connectivity index (χ2n) is 2.72. The minimum atomic E-state index is -0.498. The molecule has 0 aromatic heterocycles. The number of hydrogen-bond donors (Lipinski definition) is 0. The molecule has 1 rings (SSSR count). The average molecular weight is 197 g/mol. The third kappa shape index (κ3) is 2.19. The lowest BCUT2D eigenvalue weighted by atomic mass is 10.0. The Bertz CT molecular complexity index is 343. The molecule has 1 aromatic rings. The molecular formula is C10H8ClFN. The van der Waals surface area contributed by atoms with Gasteiger partial charge < -0.3 is 0 Å². The van der Waals surface area contributed by atoms with Gasteiger partial charge in [-0.2, -0.15) is 5.26 Å². The SMILES string of the molecule is C[C](CF)c1ccc(C#N)c(Cl)c1. The summed E-state index contributed by atoms with van der Waals surface area (Å²) >= 11 is 5.77. The highest BCUT2D eigenvalue weighted by Gasteiger charge is 2.07. The van der Waals surface area contributed by atoms with E-state index in [4.69, 9.17) is 16.9 Å². The number of alkyl halides is 1. The number of nitriles is 1. The van der Waals surface area contributed by atoms with Gasteiger partial charge in [0.05, 0.1) is 17.3 Å². The molecule has 0 atom stereocenters. The molecule has 0 unspecified atom stereocenters. The molecule has 0 amide bonds. The zero-order valence-electron chi connectivity index (χ0n) is 7.14. The fourth-order valence-electron chi connectivity index (χ4n) is 0.948. The van der Waals surface area contributed by atoms with Crippen molar-refractivity contribution in [3.05, 3.63) is 40.3 Å². The van der Waals surface area contributed by atoms with Gasteiger partial charge in [-0.25, -0.2) is 0 Å². The van der Waals surface area contributed by atoms with Crippen molar-refractivity contribution in [3.63, 3.8) is 0 Å². The highest BCUT2D eigenvalue weighted by atomic mass is 35.5. The van der Waals surface area contributed by atoms with Crippen molar-refractivity contribution in [1.29, 1.82) is 5.26 Å². The first-order valence-corrected chi connectivity index (χ1v) is 4.15. The lowest BCUT2D eigenvalue weighted by molar-refractivity contribution is 0.516. The van der Waals surface area contributed by atoms with E-state index >= 15 is 0 Å². The Morgan fingerprint density at radius 3 is 2.77 bits per heavy atom. The monoisotopic (exact) mass is 196 g/mol. The average Bonchev–Trinajstić information content (AvgIpc) is 2.16. The molecule has 1 radical (unpaired) electrons. The summed E-state index contributed by atoms with van der Waals surface area (Å²) in [5.74, 6) is 0.617. The fourth-order valence-corrected chi connectivity index (χ4v) is 1.17. The first-order chi connectivity index (χ1) is 6.19. The Kier molecular flexibility index (Phi) is 3.27. The highest BCUT2D eigenvalue weighted by molar-refractivity contribution is 6.31. The Morgan fingerprint density at radius 2 is 2.31 bits per heavy atom. The van der Waals surface area contributed by atoms with E-state index in [0.29, 0.717) is 16.5 Å². The molecule has 1 nitrogen and oxygen atoms in total. The van der Waals surface area contributed by atoms with Gasteiger partial charge in [0.15, 0.2) is 0 Å². The van der Waals surface area contributed by atoms with E-state index in [-0.39, 0.29) is 0 Å². The van der Waals surface area contributed by atoms with Gasteiger partial charge in [0.2, 0.25) is 0 Å². The molecule has 0 heterocycles. The highest BCUT2D eigenvalue weighted by Crippen LogP contribution is 2.22. The van der Waals surface area contributed by atoms with E-state index in [1.165, 1.54) is 0 Å². The molecule has 0 fully saturated rings. The molecule has 0 N–H and O–H groups in total. The molecule has 13 heavy (non-hydrogen) atoms. The molecule has 0 aliphatic carbocycles. The van der Waals surface area contributed by atoms with Crippen LogP contribution < -0.4 is 0 Å². The van der Waals surface area contributed by atoms with E-state index in [9.17, 15) is 4.39 Å². The Labute approximate surface area is 81.8 Å². The summed E-state index contributed by atoms with van der Waals surface area (Å²) in [5, 5.41) is 8.96. The van der Waals surface area contributed by atoms with Crippen LogP contribution in [0.5, 0.6) is 0 Å². The van der Waals surface area contributed by atoms with Crippen LogP contribution in [0.1, 0.15) is 18.1 Å². The lowest BCUT2D eigenvalue weighted by Crippen LogP contribution is -1.96. The summed E-state index contributed by atoms with van der Waals surface area (Å²) in [6.45, 7) is 1.19. The molecule has 1 aromatic carbocycles. The van der Waals surface area contributed by atoms with Crippen LogP contribution in [-0.4, -0.2) is 6.67 Å². The first-order valence-electron chi connectivity index (χ1n) is 3.77. The van der Waals surface area contributed by atoms with E-state index in [0.717, 1.165) is 5.56 Å². The topological polar surface area (TPSA) is 23.8 Å². The number of rotatable bonds is 2. The van der Waals surface area contributed by atoms with Crippen molar-refractivity contribution in [2.75, 3.05) is 6.67 Å². The number of halogens is 2. The Balaban J connectivity index is 3.04. The summed E-state index contributed by atoms with van der Waals surface area (Å²) in [6.07, 6.45) is 0. The quantitative estimate of drug-likeness (QED) is 0.713. The second-order valence-corrected chi connectivity index (χ2v) is 3.13. The van der Waals surface area contributed by atoms with E-state index in [1.54, 1.807) is 25.1 Å². The molecule has 0 spiro atoms. The van der Waals surface area contributed by atoms with Crippen molar-refractivity contribution < 1.29 is 4.39 Å². The normalized spacial score (nSPS) is 10.1. The molecule has 0 bridgehead atoms. The van der Waals surface area contributed by atoms with Gasteiger partial charge in [-0.15, -0.1) is 0 Å². The molecule has 67 valence electrons. The van der Waals surface area contributed by atoms with E-state index in [1.807, 2.05) is 6.07 Å². The van der Waals surface area contributed by atoms with Gasteiger partial charge in [0.25, 0.3) is 0 Å². The van der Waals surface area contributed by atoms with Gasteiger partial charge in [-0.1, -0.05) is 24.6 Å². The standard InChI is InChI=1S/C10H8ClFN/c1-7(5-12)8-2-3-9(6-13)10(11)4-8/h2-4H,5H2,1H3. The number of benzene rings is 1. The van der Waals surface area contributed by atoms with Crippen LogP contribution in [0.15, 0.2) is 18.2 Å².